The maximum atomic E-state index is 3.12. The fourth-order valence-electron chi connectivity index (χ4n) is 2.42. The van der Waals surface area contributed by atoms with Crippen LogP contribution in [0.15, 0.2) is 72.3 Å². The van der Waals surface area contributed by atoms with E-state index >= 15 is 0 Å². The van der Waals surface area contributed by atoms with E-state index in [1.807, 2.05) is 0 Å². The quantitative estimate of drug-likeness (QED) is 0.430. The van der Waals surface area contributed by atoms with Crippen LogP contribution in [0.4, 0.5) is 0 Å². The van der Waals surface area contributed by atoms with Crippen molar-refractivity contribution >= 4 is 24.8 Å². The van der Waals surface area contributed by atoms with Gasteiger partial charge in [-0.3, -0.25) is 6.08 Å². The zero-order valence-electron chi connectivity index (χ0n) is 14.8. The molecule has 0 radical (unpaired) electrons. The molecule has 0 bridgehead atoms. The topological polar surface area (TPSA) is 0 Å². The van der Waals surface area contributed by atoms with E-state index in [1.165, 1.54) is 30.3 Å². The molecule has 0 amide bonds. The number of benzene rings is 2. The molecular weight excluding hydrogens is 426 g/mol. The Kier molecular flexibility index (Phi) is 12.0. The smallest absolute Gasteiger partial charge is 0.0771 e. The number of rotatable bonds is 0. The molecule has 1 aliphatic rings. The first-order valence-corrected chi connectivity index (χ1v) is 9.09. The van der Waals surface area contributed by atoms with E-state index in [0.717, 1.165) is 6.42 Å². The molecule has 0 saturated heterocycles. The average Bonchev–Trinajstić information content (AvgIpc) is 3.13. The van der Waals surface area contributed by atoms with Crippen molar-refractivity contribution in [3.05, 3.63) is 78.4 Å². The number of hydrogen-bond donors (Lipinski definition) is 0. The molecule has 0 nitrogen and oxygen atoms in total. The Morgan fingerprint density at radius 2 is 1.36 bits per heavy atom. The van der Waals surface area contributed by atoms with E-state index in [-0.39, 0.29) is 24.8 Å². The van der Waals surface area contributed by atoms with Gasteiger partial charge >= 0.3 is 41.3 Å². The minimum Gasteiger partial charge on any atom is -1.00 e. The van der Waals surface area contributed by atoms with Gasteiger partial charge in [-0.1, -0.05) is 43.3 Å². The van der Waals surface area contributed by atoms with Gasteiger partial charge in [0.05, 0.1) is 0 Å². The molecule has 0 unspecified atom stereocenters. The summed E-state index contributed by atoms with van der Waals surface area (Å²) in [6, 6.07) is 19.3. The van der Waals surface area contributed by atoms with Gasteiger partial charge in [0.2, 0.25) is 0 Å². The maximum Gasteiger partial charge on any atom is -0.0771 e. The summed E-state index contributed by atoms with van der Waals surface area (Å²) in [5.74, 6) is 0. The Morgan fingerprint density at radius 3 is 1.68 bits per heavy atom. The third kappa shape index (κ3) is 7.91. The van der Waals surface area contributed by atoms with Crippen molar-refractivity contribution < 1.29 is 49.0 Å². The van der Waals surface area contributed by atoms with Gasteiger partial charge in [-0.2, -0.15) is 6.08 Å². The maximum absolute atomic E-state index is 3.12. The number of hydrogen-bond acceptors (Lipinski definition) is 0. The van der Waals surface area contributed by atoms with Crippen molar-refractivity contribution in [1.82, 2.24) is 0 Å². The van der Waals surface area contributed by atoms with E-state index in [9.17, 15) is 0 Å². The van der Waals surface area contributed by atoms with Gasteiger partial charge in [0.1, 0.15) is 0 Å². The predicted molar refractivity (Wildman–Crippen MR) is 99.6 cm³/mol. The van der Waals surface area contributed by atoms with E-state index in [0.29, 0.717) is 0 Å². The molecule has 3 aromatic carbocycles. The summed E-state index contributed by atoms with van der Waals surface area (Å²) in [5, 5.41) is 5.39. The van der Waals surface area contributed by atoms with Gasteiger partial charge < -0.3 is 24.8 Å². The fourth-order valence-corrected chi connectivity index (χ4v) is 2.42. The summed E-state index contributed by atoms with van der Waals surface area (Å²) in [6.07, 6.45) is 8.33. The molecule has 130 valence electrons. The molecule has 3 aromatic rings. The standard InChI is InChI=1S/C13H9.C6H7.C3H6.2ClH.Zr/c1-3-7-12-10(5-1)9-11-6-2-4-8-13(11)12;1-6-4-2-3-5-6;1-3-2;;;/h1-9H;2,4H,3H2,1H3;1-2H3;2*1H;/q2*-1;;;;+2/p-2. The molecule has 0 aliphatic heterocycles. The summed E-state index contributed by atoms with van der Waals surface area (Å²) in [4.78, 5) is 0. The van der Waals surface area contributed by atoms with Crippen molar-refractivity contribution in [3.63, 3.8) is 0 Å². The Bertz CT molecular complexity index is 799. The van der Waals surface area contributed by atoms with Crippen LogP contribution in [0.1, 0.15) is 27.2 Å². The first-order chi connectivity index (χ1) is 11.1. The van der Waals surface area contributed by atoms with Crippen molar-refractivity contribution in [1.29, 1.82) is 0 Å². The molecular formula is C22H22Cl2Zr-2. The van der Waals surface area contributed by atoms with Crippen LogP contribution < -0.4 is 24.8 Å². The molecule has 0 N–H and O–H groups in total. The molecule has 0 spiro atoms. The first-order valence-electron chi connectivity index (χ1n) is 7.87. The van der Waals surface area contributed by atoms with Gasteiger partial charge in [-0.25, -0.2) is 11.6 Å². The van der Waals surface area contributed by atoms with Crippen LogP contribution in [0.5, 0.6) is 0 Å². The summed E-state index contributed by atoms with van der Waals surface area (Å²) in [6.45, 7) is 6.31. The Morgan fingerprint density at radius 1 is 0.920 bits per heavy atom. The third-order valence-electron chi connectivity index (χ3n) is 3.39. The second-order valence-corrected chi connectivity index (χ2v) is 8.24. The zero-order chi connectivity index (χ0) is 16.7. The number of allylic oxidation sites excluding steroid dienone is 4. The monoisotopic (exact) mass is 446 g/mol. The van der Waals surface area contributed by atoms with Crippen LogP contribution in [0.3, 0.4) is 0 Å². The second kappa shape index (κ2) is 12.5. The molecule has 0 fully saturated rings. The molecule has 0 atom stereocenters. The molecule has 3 heteroatoms. The van der Waals surface area contributed by atoms with Gasteiger partial charge in [0, 0.05) is 0 Å². The van der Waals surface area contributed by atoms with E-state index in [4.69, 9.17) is 0 Å². The molecule has 0 saturated carbocycles. The Balaban J connectivity index is 0.000000410. The van der Waals surface area contributed by atoms with E-state index in [1.54, 1.807) is 24.2 Å². The molecule has 0 heterocycles. The fraction of sp³-hybridized carbons (Fsp3) is 0.182. The van der Waals surface area contributed by atoms with Gasteiger partial charge in [-0.05, 0) is 0 Å². The third-order valence-corrected chi connectivity index (χ3v) is 3.39. The summed E-state index contributed by atoms with van der Waals surface area (Å²) in [7, 11) is 0. The van der Waals surface area contributed by atoms with E-state index in [2.05, 4.69) is 93.6 Å². The Labute approximate surface area is 178 Å². The summed E-state index contributed by atoms with van der Waals surface area (Å²) >= 11 is 1.55. The van der Waals surface area contributed by atoms with Crippen molar-refractivity contribution in [2.24, 2.45) is 0 Å². The van der Waals surface area contributed by atoms with Crippen LogP contribution in [0.2, 0.25) is 0 Å². The molecule has 4 rings (SSSR count). The van der Waals surface area contributed by atoms with Crippen LogP contribution in [0, 0.1) is 6.08 Å². The molecule has 1 aliphatic carbocycles. The number of fused-ring (bicyclic) bond motifs is 3. The van der Waals surface area contributed by atoms with Crippen LogP contribution >= 0.6 is 0 Å². The van der Waals surface area contributed by atoms with E-state index < -0.39 is 0 Å². The van der Waals surface area contributed by atoms with Gasteiger partial charge in [0.25, 0.3) is 0 Å². The second-order valence-electron chi connectivity index (χ2n) is 5.79. The Hall–Kier alpha value is -0.877. The van der Waals surface area contributed by atoms with Crippen LogP contribution in [-0.2, 0) is 24.2 Å². The normalized spacial score (nSPS) is 11.3. The van der Waals surface area contributed by atoms with Gasteiger partial charge in [-0.15, -0.1) is 46.2 Å². The van der Waals surface area contributed by atoms with Crippen molar-refractivity contribution in [2.45, 2.75) is 27.2 Å². The van der Waals surface area contributed by atoms with Gasteiger partial charge in [0.15, 0.2) is 0 Å². The summed E-state index contributed by atoms with van der Waals surface area (Å²) in [5.41, 5.74) is 1.27. The minimum atomic E-state index is 0. The average molecular weight is 449 g/mol. The SMILES string of the molecule is CC1=[C-]CC=C1.C[C](C)=[Zr+2].[Cl-].[Cl-].c1ccc2c(c1)[cH-]c1ccccc12. The zero-order valence-corrected chi connectivity index (χ0v) is 18.8. The molecule has 25 heavy (non-hydrogen) atoms. The largest absolute Gasteiger partial charge is 1.00 e. The number of halogens is 2. The van der Waals surface area contributed by atoms with Crippen molar-refractivity contribution in [3.8, 4) is 0 Å². The predicted octanol–water partition coefficient (Wildman–Crippen LogP) is 0.161. The first kappa shape index (κ1) is 24.1. The van der Waals surface area contributed by atoms with Crippen LogP contribution in [-0.4, -0.2) is 3.21 Å². The van der Waals surface area contributed by atoms with Crippen molar-refractivity contribution in [2.75, 3.05) is 0 Å². The van der Waals surface area contributed by atoms with Crippen LogP contribution in [0.25, 0.3) is 21.5 Å². The summed E-state index contributed by atoms with van der Waals surface area (Å²) < 4.78 is 1.51. The minimum absolute atomic E-state index is 0. The molecule has 0 aromatic heterocycles.